The number of anilines is 2. The Morgan fingerprint density at radius 2 is 1.83 bits per heavy atom. The first-order chi connectivity index (χ1) is 11.2. The number of fused-ring (bicyclic) bond motifs is 1. The molecule has 2 unspecified atom stereocenters. The van der Waals surface area contributed by atoms with Crippen LogP contribution in [0.1, 0.15) is 24.4 Å². The largest absolute Gasteiger partial charge is 0.354 e. The van der Waals surface area contributed by atoms with Crippen LogP contribution in [0.3, 0.4) is 0 Å². The molecular weight excluding hydrogens is 288 g/mol. The van der Waals surface area contributed by atoms with Gasteiger partial charge in [-0.2, -0.15) is 0 Å². The highest BCUT2D eigenvalue weighted by atomic mass is 15.3. The van der Waals surface area contributed by atoms with Gasteiger partial charge in [-0.15, -0.1) is 0 Å². The molecule has 0 N–H and O–H groups in total. The Hall–Kier alpha value is -2.24. The average Bonchev–Trinajstić information content (AvgIpc) is 2.98. The van der Waals surface area contributed by atoms with E-state index in [0.29, 0.717) is 6.04 Å². The van der Waals surface area contributed by atoms with Gasteiger partial charge in [-0.25, -0.2) is 19.9 Å². The zero-order valence-electron chi connectivity index (χ0n) is 13.7. The summed E-state index contributed by atoms with van der Waals surface area (Å²) in [6, 6.07) is 4.43. The van der Waals surface area contributed by atoms with Gasteiger partial charge in [-0.3, -0.25) is 0 Å². The van der Waals surface area contributed by atoms with Crippen LogP contribution in [0.4, 0.5) is 11.8 Å². The molecule has 0 amide bonds. The first-order valence-corrected chi connectivity index (χ1v) is 8.31. The maximum absolute atomic E-state index is 4.63. The van der Waals surface area contributed by atoms with Crippen molar-refractivity contribution in [1.82, 2.24) is 19.9 Å². The van der Waals surface area contributed by atoms with Crippen LogP contribution in [0.2, 0.25) is 0 Å². The van der Waals surface area contributed by atoms with Crippen LogP contribution in [0, 0.1) is 19.8 Å². The molecule has 0 aliphatic carbocycles. The summed E-state index contributed by atoms with van der Waals surface area (Å²) in [5.41, 5.74) is 1.03. The third kappa shape index (κ3) is 2.73. The van der Waals surface area contributed by atoms with E-state index in [-0.39, 0.29) is 0 Å². The normalized spacial score (nSPS) is 23.9. The Morgan fingerprint density at radius 3 is 2.65 bits per heavy atom. The Bertz CT molecular complexity index is 703. The summed E-state index contributed by atoms with van der Waals surface area (Å²) in [6.45, 7) is 7.07. The van der Waals surface area contributed by atoms with Gasteiger partial charge in [0.15, 0.2) is 0 Å². The van der Waals surface area contributed by atoms with Crippen molar-refractivity contribution in [1.29, 1.82) is 0 Å². The van der Waals surface area contributed by atoms with Gasteiger partial charge < -0.3 is 9.80 Å². The maximum atomic E-state index is 4.63. The molecule has 2 aliphatic heterocycles. The highest BCUT2D eigenvalue weighted by Gasteiger charge is 2.39. The Kier molecular flexibility index (Phi) is 3.59. The number of piperidine rings is 1. The molecule has 2 fully saturated rings. The summed E-state index contributed by atoms with van der Waals surface area (Å²) in [5.74, 6) is 3.47. The van der Waals surface area contributed by atoms with Crippen LogP contribution in [-0.4, -0.2) is 45.6 Å². The molecular formula is C17H22N6. The summed E-state index contributed by atoms with van der Waals surface area (Å²) >= 11 is 0. The predicted octanol–water partition coefficient (Wildman–Crippen LogP) is 1.99. The summed E-state index contributed by atoms with van der Waals surface area (Å²) in [7, 11) is 0. The Labute approximate surface area is 136 Å². The van der Waals surface area contributed by atoms with Gasteiger partial charge in [0.25, 0.3) is 0 Å². The van der Waals surface area contributed by atoms with Crippen molar-refractivity contribution in [3.05, 3.63) is 36.0 Å². The van der Waals surface area contributed by atoms with Crippen LogP contribution in [0.25, 0.3) is 0 Å². The standard InChI is InChI=1S/C17H22N6/c1-12-3-7-19-17(20-12)23-10-6-14-5-9-22(11-15(14)23)16-4-8-18-13(2)21-16/h3-4,7-8,14-15H,5-6,9-11H2,1-2H3. The van der Waals surface area contributed by atoms with E-state index >= 15 is 0 Å². The first kappa shape index (κ1) is 14.4. The van der Waals surface area contributed by atoms with Crippen LogP contribution >= 0.6 is 0 Å². The molecule has 120 valence electrons. The molecule has 6 heteroatoms. The minimum absolute atomic E-state index is 0.473. The Balaban J connectivity index is 1.57. The lowest BCUT2D eigenvalue weighted by Crippen LogP contribution is -2.49. The van der Waals surface area contributed by atoms with Gasteiger partial charge in [0.2, 0.25) is 5.95 Å². The summed E-state index contributed by atoms with van der Waals surface area (Å²) in [4.78, 5) is 22.7. The van der Waals surface area contributed by atoms with Crippen LogP contribution < -0.4 is 9.80 Å². The maximum Gasteiger partial charge on any atom is 0.225 e. The van der Waals surface area contributed by atoms with Gasteiger partial charge in [0.05, 0.1) is 6.04 Å². The molecule has 0 radical (unpaired) electrons. The smallest absolute Gasteiger partial charge is 0.225 e. The Morgan fingerprint density at radius 1 is 1.00 bits per heavy atom. The molecule has 0 aromatic carbocycles. The second kappa shape index (κ2) is 5.76. The number of rotatable bonds is 2. The second-order valence-corrected chi connectivity index (χ2v) is 6.50. The van der Waals surface area contributed by atoms with Crippen molar-refractivity contribution in [3.63, 3.8) is 0 Å². The van der Waals surface area contributed by atoms with Crippen LogP contribution in [0.15, 0.2) is 24.5 Å². The highest BCUT2D eigenvalue weighted by molar-refractivity contribution is 5.42. The van der Waals surface area contributed by atoms with Crippen molar-refractivity contribution >= 4 is 11.8 Å². The number of hydrogen-bond donors (Lipinski definition) is 0. The topological polar surface area (TPSA) is 58.0 Å². The molecule has 6 nitrogen and oxygen atoms in total. The van der Waals surface area contributed by atoms with E-state index in [4.69, 9.17) is 0 Å². The number of hydrogen-bond acceptors (Lipinski definition) is 6. The summed E-state index contributed by atoms with van der Waals surface area (Å²) in [5, 5.41) is 0. The van der Waals surface area contributed by atoms with E-state index in [9.17, 15) is 0 Å². The quantitative estimate of drug-likeness (QED) is 0.845. The van der Waals surface area contributed by atoms with Gasteiger partial charge >= 0.3 is 0 Å². The fourth-order valence-corrected chi connectivity index (χ4v) is 3.79. The first-order valence-electron chi connectivity index (χ1n) is 8.31. The van der Waals surface area contributed by atoms with E-state index in [1.807, 2.05) is 38.4 Å². The average molecular weight is 310 g/mol. The lowest BCUT2D eigenvalue weighted by Gasteiger charge is -2.39. The predicted molar refractivity (Wildman–Crippen MR) is 89.6 cm³/mol. The van der Waals surface area contributed by atoms with Gasteiger partial charge in [0, 0.05) is 37.7 Å². The van der Waals surface area contributed by atoms with E-state index in [2.05, 4.69) is 29.7 Å². The van der Waals surface area contributed by atoms with E-state index in [1.54, 1.807) is 0 Å². The third-order valence-electron chi connectivity index (χ3n) is 4.99. The number of aryl methyl sites for hydroxylation is 2. The van der Waals surface area contributed by atoms with Gasteiger partial charge in [-0.05, 0) is 44.7 Å². The summed E-state index contributed by atoms with van der Waals surface area (Å²) in [6.07, 6.45) is 6.15. The second-order valence-electron chi connectivity index (χ2n) is 6.50. The van der Waals surface area contributed by atoms with Crippen molar-refractivity contribution in [2.45, 2.75) is 32.7 Å². The van der Waals surface area contributed by atoms with Crippen molar-refractivity contribution < 1.29 is 0 Å². The SMILES string of the molecule is Cc1ccnc(N2CCC3CCN(c4ccnc(C)n4)CC32)n1. The van der Waals surface area contributed by atoms with Crippen molar-refractivity contribution in [2.24, 2.45) is 5.92 Å². The van der Waals surface area contributed by atoms with E-state index in [0.717, 1.165) is 48.8 Å². The fraction of sp³-hybridized carbons (Fsp3) is 0.529. The number of nitrogens with zero attached hydrogens (tertiary/aromatic N) is 6. The summed E-state index contributed by atoms with van der Waals surface area (Å²) < 4.78 is 0. The molecule has 4 rings (SSSR count). The molecule has 2 saturated heterocycles. The highest BCUT2D eigenvalue weighted by Crippen LogP contribution is 2.34. The van der Waals surface area contributed by atoms with Gasteiger partial charge in [-0.1, -0.05) is 0 Å². The third-order valence-corrected chi connectivity index (χ3v) is 4.99. The number of aromatic nitrogens is 4. The van der Waals surface area contributed by atoms with Gasteiger partial charge in [0.1, 0.15) is 11.6 Å². The molecule has 2 aromatic heterocycles. The molecule has 2 atom stereocenters. The fourth-order valence-electron chi connectivity index (χ4n) is 3.79. The monoisotopic (exact) mass is 310 g/mol. The molecule has 0 bridgehead atoms. The minimum Gasteiger partial charge on any atom is -0.354 e. The van der Waals surface area contributed by atoms with E-state index < -0.39 is 0 Å². The van der Waals surface area contributed by atoms with E-state index in [1.165, 1.54) is 12.8 Å². The zero-order chi connectivity index (χ0) is 15.8. The molecule has 23 heavy (non-hydrogen) atoms. The van der Waals surface area contributed by atoms with Crippen LogP contribution in [-0.2, 0) is 0 Å². The molecule has 4 heterocycles. The zero-order valence-corrected chi connectivity index (χ0v) is 13.7. The molecule has 2 aromatic rings. The van der Waals surface area contributed by atoms with Crippen LogP contribution in [0.5, 0.6) is 0 Å². The molecule has 0 spiro atoms. The molecule has 0 saturated carbocycles. The van der Waals surface area contributed by atoms with Crippen molar-refractivity contribution in [2.75, 3.05) is 29.4 Å². The molecule has 2 aliphatic rings. The minimum atomic E-state index is 0.473. The lowest BCUT2D eigenvalue weighted by molar-refractivity contribution is 0.387. The van der Waals surface area contributed by atoms with Crippen molar-refractivity contribution in [3.8, 4) is 0 Å². The lowest BCUT2D eigenvalue weighted by atomic mass is 9.92.